The number of hydrogen-bond acceptors (Lipinski definition) is 3. The van der Waals surface area contributed by atoms with Crippen LogP contribution >= 0.6 is 0 Å². The van der Waals surface area contributed by atoms with E-state index in [1.54, 1.807) is 0 Å². The van der Waals surface area contributed by atoms with Gasteiger partial charge in [-0.2, -0.15) is 0 Å². The minimum absolute atomic E-state index is 0.0776. The SMILES string of the molecule is CCC(C)(CC)NC(=O)[C@H]1NCCC1O. The molecule has 0 aromatic rings. The summed E-state index contributed by atoms with van der Waals surface area (Å²) in [7, 11) is 0. The van der Waals surface area contributed by atoms with E-state index < -0.39 is 12.1 Å². The van der Waals surface area contributed by atoms with Gasteiger partial charge in [-0.3, -0.25) is 4.79 Å². The van der Waals surface area contributed by atoms with Gasteiger partial charge in [0.2, 0.25) is 5.91 Å². The highest BCUT2D eigenvalue weighted by Crippen LogP contribution is 2.15. The molecule has 0 radical (unpaired) electrons. The number of hydrogen-bond donors (Lipinski definition) is 3. The number of amides is 1. The van der Waals surface area contributed by atoms with Crippen LogP contribution in [0.25, 0.3) is 0 Å². The molecule has 0 saturated carbocycles. The van der Waals surface area contributed by atoms with Crippen molar-refractivity contribution in [2.75, 3.05) is 6.54 Å². The molecule has 1 saturated heterocycles. The molecule has 1 rings (SSSR count). The molecule has 3 N–H and O–H groups in total. The first-order valence-corrected chi connectivity index (χ1v) is 5.76. The summed E-state index contributed by atoms with van der Waals surface area (Å²) >= 11 is 0. The molecule has 0 aromatic carbocycles. The highest BCUT2D eigenvalue weighted by Gasteiger charge is 2.34. The van der Waals surface area contributed by atoms with Gasteiger partial charge in [0.25, 0.3) is 0 Å². The smallest absolute Gasteiger partial charge is 0.240 e. The average molecular weight is 214 g/mol. The standard InChI is InChI=1S/C11H22N2O2/c1-4-11(3,5-2)13-10(15)9-8(14)6-7-12-9/h8-9,12,14H,4-7H2,1-3H3,(H,13,15)/t8?,9-/m0/s1. The van der Waals surface area contributed by atoms with Gasteiger partial charge in [0.1, 0.15) is 6.04 Å². The van der Waals surface area contributed by atoms with Gasteiger partial charge in [-0.05, 0) is 32.7 Å². The normalized spacial score (nSPS) is 26.7. The third kappa shape index (κ3) is 2.92. The summed E-state index contributed by atoms with van der Waals surface area (Å²) in [5, 5.41) is 15.6. The number of carbonyl (C=O) groups is 1. The van der Waals surface area contributed by atoms with Gasteiger partial charge in [0.15, 0.2) is 0 Å². The largest absolute Gasteiger partial charge is 0.391 e. The van der Waals surface area contributed by atoms with Crippen LogP contribution < -0.4 is 10.6 Å². The Kier molecular flexibility index (Phi) is 4.11. The first kappa shape index (κ1) is 12.5. The van der Waals surface area contributed by atoms with Crippen LogP contribution in [0.4, 0.5) is 0 Å². The molecule has 1 aliphatic rings. The molecule has 15 heavy (non-hydrogen) atoms. The second-order valence-electron chi connectivity index (χ2n) is 4.54. The van der Waals surface area contributed by atoms with Crippen LogP contribution in [0.2, 0.25) is 0 Å². The number of aliphatic hydroxyl groups excluding tert-OH is 1. The molecule has 1 amide bonds. The molecule has 0 aromatic heterocycles. The lowest BCUT2D eigenvalue weighted by atomic mass is 9.95. The van der Waals surface area contributed by atoms with E-state index in [1.165, 1.54) is 0 Å². The average Bonchev–Trinajstić information content (AvgIpc) is 2.64. The molecule has 0 aliphatic carbocycles. The maximum absolute atomic E-state index is 11.9. The lowest BCUT2D eigenvalue weighted by molar-refractivity contribution is -0.126. The molecule has 88 valence electrons. The van der Waals surface area contributed by atoms with Crippen LogP contribution in [-0.2, 0) is 4.79 Å². The van der Waals surface area contributed by atoms with E-state index in [1.807, 2.05) is 6.92 Å². The number of rotatable bonds is 4. The Balaban J connectivity index is 2.54. The maximum atomic E-state index is 11.9. The van der Waals surface area contributed by atoms with Crippen molar-refractivity contribution in [3.63, 3.8) is 0 Å². The van der Waals surface area contributed by atoms with Crippen molar-refractivity contribution < 1.29 is 9.90 Å². The van der Waals surface area contributed by atoms with Crippen molar-refractivity contribution in [3.05, 3.63) is 0 Å². The van der Waals surface area contributed by atoms with Gasteiger partial charge in [-0.15, -0.1) is 0 Å². The van der Waals surface area contributed by atoms with Crippen molar-refractivity contribution in [1.29, 1.82) is 0 Å². The Labute approximate surface area is 91.4 Å². The fourth-order valence-electron chi connectivity index (χ4n) is 1.76. The van der Waals surface area contributed by atoms with Gasteiger partial charge >= 0.3 is 0 Å². The lowest BCUT2D eigenvalue weighted by Crippen LogP contribution is -2.53. The Bertz CT molecular complexity index is 227. The highest BCUT2D eigenvalue weighted by molar-refractivity contribution is 5.83. The fraction of sp³-hybridized carbons (Fsp3) is 0.909. The lowest BCUT2D eigenvalue weighted by Gasteiger charge is -2.30. The van der Waals surface area contributed by atoms with E-state index in [-0.39, 0.29) is 11.4 Å². The van der Waals surface area contributed by atoms with Crippen molar-refractivity contribution in [2.45, 2.75) is 57.7 Å². The van der Waals surface area contributed by atoms with Crippen LogP contribution in [0.1, 0.15) is 40.0 Å². The molecule has 2 atom stereocenters. The summed E-state index contributed by atoms with van der Waals surface area (Å²) in [4.78, 5) is 11.9. The van der Waals surface area contributed by atoms with E-state index in [2.05, 4.69) is 24.5 Å². The summed E-state index contributed by atoms with van der Waals surface area (Å²) in [5.41, 5.74) is -0.152. The van der Waals surface area contributed by atoms with Crippen molar-refractivity contribution in [3.8, 4) is 0 Å². The Morgan fingerprint density at radius 3 is 2.53 bits per heavy atom. The van der Waals surface area contributed by atoms with Gasteiger partial charge < -0.3 is 15.7 Å². The predicted octanol–water partition coefficient (Wildman–Crippen LogP) is 0.404. The molecule has 1 aliphatic heterocycles. The summed E-state index contributed by atoms with van der Waals surface area (Å²) in [6.45, 7) is 6.87. The topological polar surface area (TPSA) is 61.4 Å². The Morgan fingerprint density at radius 1 is 1.53 bits per heavy atom. The second-order valence-corrected chi connectivity index (χ2v) is 4.54. The molecule has 0 spiro atoms. The third-order valence-corrected chi connectivity index (χ3v) is 3.46. The van der Waals surface area contributed by atoms with E-state index in [0.29, 0.717) is 13.0 Å². The summed E-state index contributed by atoms with van der Waals surface area (Å²) in [5.74, 6) is -0.0776. The molecule has 0 bridgehead atoms. The summed E-state index contributed by atoms with van der Waals surface area (Å²) in [6, 6.07) is -0.428. The molecule has 1 heterocycles. The zero-order chi connectivity index (χ0) is 11.5. The van der Waals surface area contributed by atoms with Crippen LogP contribution in [0.15, 0.2) is 0 Å². The predicted molar refractivity (Wildman–Crippen MR) is 59.5 cm³/mol. The maximum Gasteiger partial charge on any atom is 0.240 e. The van der Waals surface area contributed by atoms with E-state index >= 15 is 0 Å². The van der Waals surface area contributed by atoms with Crippen LogP contribution in [0, 0.1) is 0 Å². The van der Waals surface area contributed by atoms with Crippen LogP contribution in [0.5, 0.6) is 0 Å². The first-order valence-electron chi connectivity index (χ1n) is 5.76. The molecule has 1 fully saturated rings. The molecular weight excluding hydrogens is 192 g/mol. The first-order chi connectivity index (χ1) is 7.02. The quantitative estimate of drug-likeness (QED) is 0.635. The van der Waals surface area contributed by atoms with Crippen LogP contribution in [0.3, 0.4) is 0 Å². The highest BCUT2D eigenvalue weighted by atomic mass is 16.3. The second kappa shape index (κ2) is 4.94. The molecule has 1 unspecified atom stereocenters. The van der Waals surface area contributed by atoms with Crippen LogP contribution in [-0.4, -0.2) is 35.2 Å². The number of carbonyl (C=O) groups excluding carboxylic acids is 1. The molecular formula is C11H22N2O2. The Morgan fingerprint density at radius 2 is 2.13 bits per heavy atom. The van der Waals surface area contributed by atoms with Crippen molar-refractivity contribution >= 4 is 5.91 Å². The van der Waals surface area contributed by atoms with E-state index in [4.69, 9.17) is 0 Å². The minimum atomic E-state index is -0.539. The van der Waals surface area contributed by atoms with E-state index in [0.717, 1.165) is 12.8 Å². The Hall–Kier alpha value is -0.610. The van der Waals surface area contributed by atoms with E-state index in [9.17, 15) is 9.90 Å². The summed E-state index contributed by atoms with van der Waals surface area (Å²) in [6.07, 6.45) is 1.92. The fourth-order valence-corrected chi connectivity index (χ4v) is 1.76. The minimum Gasteiger partial charge on any atom is -0.391 e. The molecule has 4 heteroatoms. The van der Waals surface area contributed by atoms with Gasteiger partial charge in [0.05, 0.1) is 6.10 Å². The third-order valence-electron chi connectivity index (χ3n) is 3.46. The monoisotopic (exact) mass is 214 g/mol. The molecule has 4 nitrogen and oxygen atoms in total. The number of nitrogens with one attached hydrogen (secondary N) is 2. The van der Waals surface area contributed by atoms with Gasteiger partial charge in [-0.25, -0.2) is 0 Å². The van der Waals surface area contributed by atoms with Gasteiger partial charge in [0, 0.05) is 5.54 Å². The zero-order valence-electron chi connectivity index (χ0n) is 9.84. The zero-order valence-corrected chi connectivity index (χ0v) is 9.84. The van der Waals surface area contributed by atoms with Crippen molar-refractivity contribution in [1.82, 2.24) is 10.6 Å². The summed E-state index contributed by atoms with van der Waals surface area (Å²) < 4.78 is 0. The van der Waals surface area contributed by atoms with Gasteiger partial charge in [-0.1, -0.05) is 13.8 Å². The van der Waals surface area contributed by atoms with Crippen molar-refractivity contribution in [2.24, 2.45) is 0 Å². The number of aliphatic hydroxyl groups is 1.